The molecule has 9 heteroatoms. The van der Waals surface area contributed by atoms with Crippen molar-refractivity contribution >= 4 is 54.4 Å². The number of hydrogen-bond donors (Lipinski definition) is 1. The molecule has 0 aromatic heterocycles. The molecule has 0 radical (unpaired) electrons. The van der Waals surface area contributed by atoms with Gasteiger partial charge >= 0.3 is 0 Å². The molecule has 0 unspecified atom stereocenters. The van der Waals surface area contributed by atoms with Crippen LogP contribution in [0, 0.1) is 0 Å². The molecule has 0 aliphatic carbocycles. The Hall–Kier alpha value is -2.62. The van der Waals surface area contributed by atoms with Crippen molar-refractivity contribution in [1.29, 1.82) is 0 Å². The lowest BCUT2D eigenvalue weighted by molar-refractivity contribution is -0.113. The summed E-state index contributed by atoms with van der Waals surface area (Å²) in [5, 5.41) is 3.01. The molecule has 31 heavy (non-hydrogen) atoms. The highest BCUT2D eigenvalue weighted by molar-refractivity contribution is 9.10. The summed E-state index contributed by atoms with van der Waals surface area (Å²) in [6.45, 7) is 0. The van der Waals surface area contributed by atoms with Crippen molar-refractivity contribution in [3.05, 3.63) is 88.9 Å². The van der Waals surface area contributed by atoms with E-state index in [2.05, 4.69) is 25.6 Å². The first-order valence-corrected chi connectivity index (χ1v) is 12.3. The molecule has 0 atom stereocenters. The maximum Gasteiger partial charge on any atom is 0.283 e. The molecule has 1 N–H and O–H groups in total. The number of hydrogen-bond acceptors (Lipinski definition) is 5. The number of thioether (sulfide) groups is 1. The lowest BCUT2D eigenvalue weighted by Gasteiger charge is -2.10. The minimum atomic E-state index is -3.95. The van der Waals surface area contributed by atoms with Gasteiger partial charge in [0.25, 0.3) is 10.0 Å². The third-order valence-electron chi connectivity index (χ3n) is 4.06. The number of methoxy groups -OCH3 is 1. The second-order valence-corrected chi connectivity index (χ2v) is 9.71. The van der Waals surface area contributed by atoms with Gasteiger partial charge < -0.3 is 10.1 Å². The number of carbonyl (C=O) groups is 1. The summed E-state index contributed by atoms with van der Waals surface area (Å²) >= 11 is 4.34. The number of anilines is 1. The Morgan fingerprint density at radius 3 is 2.32 bits per heavy atom. The van der Waals surface area contributed by atoms with E-state index < -0.39 is 10.0 Å². The Morgan fingerprint density at radius 2 is 1.65 bits per heavy atom. The van der Waals surface area contributed by atoms with Crippen LogP contribution in [0.3, 0.4) is 0 Å². The van der Waals surface area contributed by atoms with E-state index in [4.69, 9.17) is 4.74 Å². The third-order valence-corrected chi connectivity index (χ3v) is 7.00. The summed E-state index contributed by atoms with van der Waals surface area (Å²) in [6.07, 6.45) is 0. The molecule has 3 aromatic rings. The summed E-state index contributed by atoms with van der Waals surface area (Å²) in [6, 6.07) is 22.2. The molecule has 0 bridgehead atoms. The second-order valence-electron chi connectivity index (χ2n) is 6.23. The largest absolute Gasteiger partial charge is 0.495 e. The van der Waals surface area contributed by atoms with Crippen molar-refractivity contribution in [3.63, 3.8) is 0 Å². The molecule has 3 aromatic carbocycles. The molecule has 0 saturated carbocycles. The molecule has 160 valence electrons. The summed E-state index contributed by atoms with van der Waals surface area (Å²) in [7, 11) is -2.43. The van der Waals surface area contributed by atoms with Crippen molar-refractivity contribution in [2.45, 2.75) is 4.90 Å². The lowest BCUT2D eigenvalue weighted by Crippen LogP contribution is -2.16. The second kappa shape index (κ2) is 10.6. The highest BCUT2D eigenvalue weighted by atomic mass is 79.9. The number of ether oxygens (including phenoxy) is 1. The van der Waals surface area contributed by atoms with Crippen molar-refractivity contribution in [2.75, 3.05) is 18.2 Å². The summed E-state index contributed by atoms with van der Waals surface area (Å²) in [5.41, 5.74) is 1.15. The SMILES string of the molecule is COc1ccccc1NC(=O)CS/C(=N/S(=O)(=O)c1ccc(Br)cc1)c1ccccc1. The molecule has 0 fully saturated rings. The molecule has 0 heterocycles. The highest BCUT2D eigenvalue weighted by Crippen LogP contribution is 2.24. The van der Waals surface area contributed by atoms with Gasteiger partial charge in [-0.15, -0.1) is 0 Å². The number of rotatable bonds is 7. The average Bonchev–Trinajstić information content (AvgIpc) is 2.78. The molecule has 0 aliphatic heterocycles. The fourth-order valence-corrected chi connectivity index (χ4v) is 4.90. The Morgan fingerprint density at radius 1 is 1.00 bits per heavy atom. The number of para-hydroxylation sites is 2. The maximum absolute atomic E-state index is 12.8. The fourth-order valence-electron chi connectivity index (χ4n) is 2.58. The Labute approximate surface area is 193 Å². The zero-order valence-electron chi connectivity index (χ0n) is 16.5. The molecule has 0 spiro atoms. The Bertz CT molecular complexity index is 1180. The Kier molecular flexibility index (Phi) is 7.89. The first-order valence-electron chi connectivity index (χ1n) is 9.10. The summed E-state index contributed by atoms with van der Waals surface area (Å²) in [4.78, 5) is 12.6. The molecule has 1 amide bonds. The van der Waals surface area contributed by atoms with Crippen molar-refractivity contribution in [3.8, 4) is 5.75 Å². The van der Waals surface area contributed by atoms with E-state index in [1.807, 2.05) is 6.07 Å². The standard InChI is InChI=1S/C22H19BrN2O4S2/c1-29-20-10-6-5-9-19(20)24-21(26)15-30-22(16-7-3-2-4-8-16)25-31(27,28)18-13-11-17(23)12-14-18/h2-14H,15H2,1H3,(H,24,26)/b25-22+. The molecule has 0 aliphatic rings. The van der Waals surface area contributed by atoms with Gasteiger partial charge in [-0.05, 0) is 36.4 Å². The predicted molar refractivity (Wildman–Crippen MR) is 128 cm³/mol. The van der Waals surface area contributed by atoms with Gasteiger partial charge in [0.2, 0.25) is 5.91 Å². The van der Waals surface area contributed by atoms with E-state index in [0.717, 1.165) is 16.2 Å². The topological polar surface area (TPSA) is 84.8 Å². The third kappa shape index (κ3) is 6.43. The van der Waals surface area contributed by atoms with Gasteiger partial charge in [-0.1, -0.05) is 70.2 Å². The van der Waals surface area contributed by atoms with Gasteiger partial charge in [0, 0.05) is 10.0 Å². The smallest absolute Gasteiger partial charge is 0.283 e. The average molecular weight is 519 g/mol. The van der Waals surface area contributed by atoms with E-state index in [-0.39, 0.29) is 21.6 Å². The van der Waals surface area contributed by atoms with E-state index in [0.29, 0.717) is 17.0 Å². The van der Waals surface area contributed by atoms with E-state index >= 15 is 0 Å². The predicted octanol–water partition coefficient (Wildman–Crippen LogP) is 4.97. The van der Waals surface area contributed by atoms with Crippen LogP contribution in [0.1, 0.15) is 5.56 Å². The van der Waals surface area contributed by atoms with Crippen molar-refractivity contribution in [2.24, 2.45) is 4.40 Å². The van der Waals surface area contributed by atoms with E-state index in [1.165, 1.54) is 19.2 Å². The van der Waals surface area contributed by atoms with Crippen LogP contribution in [0.15, 0.2) is 92.6 Å². The number of benzene rings is 3. The van der Waals surface area contributed by atoms with Gasteiger partial charge in [-0.25, -0.2) is 0 Å². The monoisotopic (exact) mass is 518 g/mol. The molecular formula is C22H19BrN2O4S2. The van der Waals surface area contributed by atoms with Crippen LogP contribution in [0.4, 0.5) is 5.69 Å². The zero-order chi connectivity index (χ0) is 22.3. The van der Waals surface area contributed by atoms with Gasteiger partial charge in [0.1, 0.15) is 10.8 Å². The van der Waals surface area contributed by atoms with Crippen molar-refractivity contribution < 1.29 is 17.9 Å². The lowest BCUT2D eigenvalue weighted by atomic mass is 10.2. The van der Waals surface area contributed by atoms with Gasteiger partial charge in [-0.3, -0.25) is 4.79 Å². The highest BCUT2D eigenvalue weighted by Gasteiger charge is 2.17. The van der Waals surface area contributed by atoms with Crippen LogP contribution >= 0.6 is 27.7 Å². The molecule has 3 rings (SSSR count). The summed E-state index contributed by atoms with van der Waals surface area (Å²) in [5.74, 6) is 0.205. The minimum Gasteiger partial charge on any atom is -0.495 e. The van der Waals surface area contributed by atoms with Crippen LogP contribution in [0.25, 0.3) is 0 Å². The number of halogens is 1. The first kappa shape index (κ1) is 23.1. The molecule has 6 nitrogen and oxygen atoms in total. The number of nitrogens with one attached hydrogen (secondary N) is 1. The number of nitrogens with zero attached hydrogens (tertiary/aromatic N) is 1. The maximum atomic E-state index is 12.8. The molecule has 0 saturated heterocycles. The van der Waals surface area contributed by atoms with Crippen LogP contribution in [-0.2, 0) is 14.8 Å². The zero-order valence-corrected chi connectivity index (χ0v) is 19.7. The minimum absolute atomic E-state index is 0.0262. The van der Waals surface area contributed by atoms with E-state index in [1.54, 1.807) is 60.7 Å². The van der Waals surface area contributed by atoms with Crippen molar-refractivity contribution in [1.82, 2.24) is 0 Å². The normalized spacial score (nSPS) is 11.7. The molecular weight excluding hydrogens is 500 g/mol. The van der Waals surface area contributed by atoms with Crippen LogP contribution in [-0.4, -0.2) is 32.2 Å². The quantitative estimate of drug-likeness (QED) is 0.352. The van der Waals surface area contributed by atoms with Gasteiger partial charge in [0.15, 0.2) is 0 Å². The number of carbonyl (C=O) groups excluding carboxylic acids is 1. The number of sulfonamides is 1. The number of amides is 1. The first-order chi connectivity index (χ1) is 14.9. The van der Waals surface area contributed by atoms with Crippen LogP contribution in [0.5, 0.6) is 5.75 Å². The van der Waals surface area contributed by atoms with Gasteiger partial charge in [0.05, 0.1) is 23.4 Å². The van der Waals surface area contributed by atoms with Gasteiger partial charge in [-0.2, -0.15) is 12.8 Å². The summed E-state index contributed by atoms with van der Waals surface area (Å²) < 4.78 is 35.7. The van der Waals surface area contributed by atoms with E-state index in [9.17, 15) is 13.2 Å². The van der Waals surface area contributed by atoms with Crippen LogP contribution < -0.4 is 10.1 Å². The van der Waals surface area contributed by atoms with Crippen LogP contribution in [0.2, 0.25) is 0 Å². The Balaban J connectivity index is 1.82. The fraction of sp³-hybridized carbons (Fsp3) is 0.0909.